The Hall–Kier alpha value is -1.50. The summed E-state index contributed by atoms with van der Waals surface area (Å²) in [4.78, 5) is 0. The minimum absolute atomic E-state index is 0.0823. The van der Waals surface area contributed by atoms with E-state index in [1.54, 1.807) is 19.1 Å². The Morgan fingerprint density at radius 1 is 1.17 bits per heavy atom. The number of nitriles is 1. The van der Waals surface area contributed by atoms with Gasteiger partial charge < -0.3 is 0 Å². The number of hydrogen-bond donors (Lipinski definition) is 0. The Morgan fingerprint density at radius 3 is 2.28 bits per heavy atom. The van der Waals surface area contributed by atoms with Crippen LogP contribution in [0.15, 0.2) is 18.2 Å². The number of nitrogens with zero attached hydrogens (tertiary/aromatic N) is 1. The predicted octanol–water partition coefficient (Wildman–Crippen LogP) is 4.10. The molecule has 1 saturated carbocycles. The fourth-order valence-electron chi connectivity index (χ4n) is 2.40. The molecule has 0 unspecified atom stereocenters. The van der Waals surface area contributed by atoms with Crippen molar-refractivity contribution in [1.29, 1.82) is 5.26 Å². The maximum atomic E-state index is 13.5. The highest BCUT2D eigenvalue weighted by molar-refractivity contribution is 5.36. The zero-order chi connectivity index (χ0) is 13.4. The second-order valence-corrected chi connectivity index (χ2v) is 5.01. The van der Waals surface area contributed by atoms with Crippen molar-refractivity contribution < 1.29 is 13.2 Å². The van der Waals surface area contributed by atoms with E-state index in [4.69, 9.17) is 0 Å². The molecule has 4 heteroatoms. The summed E-state index contributed by atoms with van der Waals surface area (Å²) in [5.41, 5.74) is 0.0486. The summed E-state index contributed by atoms with van der Waals surface area (Å²) in [7, 11) is 0. The first-order chi connectivity index (χ1) is 8.38. The maximum absolute atomic E-state index is 13.5. The molecule has 0 amide bonds. The number of hydrogen-bond acceptors (Lipinski definition) is 1. The van der Waals surface area contributed by atoms with Gasteiger partial charge in [-0.3, -0.25) is 0 Å². The lowest BCUT2D eigenvalue weighted by Crippen LogP contribution is -2.35. The molecule has 0 radical (unpaired) electrons. The standard InChI is InChI=1S/C14H14F3N/c1-10-2-3-11(8-12(10)15)13(9-18)4-6-14(16,17)7-5-13/h2-3,8H,4-7H2,1H3. The molecule has 0 aromatic heterocycles. The molecule has 1 aromatic rings. The van der Waals surface area contributed by atoms with Crippen LogP contribution in [0.1, 0.15) is 36.8 Å². The van der Waals surface area contributed by atoms with Gasteiger partial charge in [-0.15, -0.1) is 0 Å². The molecule has 0 N–H and O–H groups in total. The molecule has 1 aliphatic rings. The molecule has 0 saturated heterocycles. The third-order valence-electron chi connectivity index (χ3n) is 3.77. The van der Waals surface area contributed by atoms with Crippen molar-refractivity contribution in [3.8, 4) is 6.07 Å². The SMILES string of the molecule is Cc1ccc(C2(C#N)CCC(F)(F)CC2)cc1F. The smallest absolute Gasteiger partial charge is 0.207 e. The van der Waals surface area contributed by atoms with E-state index in [2.05, 4.69) is 6.07 Å². The average molecular weight is 253 g/mol. The van der Waals surface area contributed by atoms with E-state index in [1.807, 2.05) is 0 Å². The van der Waals surface area contributed by atoms with Gasteiger partial charge in [0.1, 0.15) is 5.82 Å². The fourth-order valence-corrected chi connectivity index (χ4v) is 2.40. The van der Waals surface area contributed by atoms with Crippen LogP contribution in [-0.4, -0.2) is 5.92 Å². The van der Waals surface area contributed by atoms with Crippen molar-refractivity contribution in [3.05, 3.63) is 35.1 Å². The third-order valence-corrected chi connectivity index (χ3v) is 3.77. The van der Waals surface area contributed by atoms with Crippen LogP contribution in [0.2, 0.25) is 0 Å². The summed E-state index contributed by atoms with van der Waals surface area (Å²) in [5, 5.41) is 9.31. The summed E-state index contributed by atoms with van der Waals surface area (Å²) >= 11 is 0. The normalized spacial score (nSPS) is 21.3. The molecule has 0 heterocycles. The molecule has 1 aromatic carbocycles. The van der Waals surface area contributed by atoms with Gasteiger partial charge in [0.05, 0.1) is 11.5 Å². The first-order valence-corrected chi connectivity index (χ1v) is 5.94. The molecule has 1 fully saturated rings. The molecule has 0 atom stereocenters. The van der Waals surface area contributed by atoms with Gasteiger partial charge >= 0.3 is 0 Å². The van der Waals surface area contributed by atoms with Gasteiger partial charge in [-0.2, -0.15) is 5.26 Å². The monoisotopic (exact) mass is 253 g/mol. The van der Waals surface area contributed by atoms with Gasteiger partial charge in [0.25, 0.3) is 0 Å². The van der Waals surface area contributed by atoms with Crippen molar-refractivity contribution in [2.45, 2.75) is 43.9 Å². The lowest BCUT2D eigenvalue weighted by atomic mass is 9.69. The minimum Gasteiger partial charge on any atom is -0.207 e. The molecule has 0 aliphatic heterocycles. The van der Waals surface area contributed by atoms with Gasteiger partial charge in [-0.25, -0.2) is 13.2 Å². The van der Waals surface area contributed by atoms with E-state index in [-0.39, 0.29) is 31.5 Å². The Morgan fingerprint density at radius 2 is 1.78 bits per heavy atom. The summed E-state index contributed by atoms with van der Waals surface area (Å²) in [5.74, 6) is -3.08. The molecule has 2 rings (SSSR count). The van der Waals surface area contributed by atoms with E-state index in [1.165, 1.54) is 6.07 Å². The van der Waals surface area contributed by atoms with Crippen molar-refractivity contribution in [1.82, 2.24) is 0 Å². The number of aryl methyl sites for hydroxylation is 1. The van der Waals surface area contributed by atoms with Gasteiger partial charge in [0.15, 0.2) is 0 Å². The topological polar surface area (TPSA) is 23.8 Å². The molecule has 0 bridgehead atoms. The quantitative estimate of drug-likeness (QED) is 0.739. The Labute approximate surface area is 104 Å². The van der Waals surface area contributed by atoms with Gasteiger partial charge in [-0.1, -0.05) is 12.1 Å². The van der Waals surface area contributed by atoms with E-state index in [9.17, 15) is 18.4 Å². The largest absolute Gasteiger partial charge is 0.248 e. The van der Waals surface area contributed by atoms with Crippen LogP contribution in [0, 0.1) is 24.1 Å². The second kappa shape index (κ2) is 4.31. The number of alkyl halides is 2. The second-order valence-electron chi connectivity index (χ2n) is 5.01. The molecule has 1 aliphatic carbocycles. The fraction of sp³-hybridized carbons (Fsp3) is 0.500. The zero-order valence-corrected chi connectivity index (χ0v) is 10.1. The summed E-state index contributed by atoms with van der Waals surface area (Å²) in [6, 6.07) is 6.69. The molecule has 1 nitrogen and oxygen atoms in total. The van der Waals surface area contributed by atoms with Gasteiger partial charge in [-0.05, 0) is 37.0 Å². The highest BCUT2D eigenvalue weighted by atomic mass is 19.3. The highest BCUT2D eigenvalue weighted by Crippen LogP contribution is 2.45. The average Bonchev–Trinajstić information content (AvgIpc) is 2.34. The van der Waals surface area contributed by atoms with E-state index < -0.39 is 11.3 Å². The van der Waals surface area contributed by atoms with Gasteiger partial charge in [0.2, 0.25) is 5.92 Å². The Bertz CT molecular complexity index is 492. The first-order valence-electron chi connectivity index (χ1n) is 5.94. The van der Waals surface area contributed by atoms with Gasteiger partial charge in [0, 0.05) is 12.8 Å². The van der Waals surface area contributed by atoms with Crippen LogP contribution in [0.3, 0.4) is 0 Å². The lowest BCUT2D eigenvalue weighted by Gasteiger charge is -2.35. The number of rotatable bonds is 1. The van der Waals surface area contributed by atoms with E-state index in [0.29, 0.717) is 11.1 Å². The van der Waals surface area contributed by atoms with Crippen LogP contribution < -0.4 is 0 Å². The molecule has 96 valence electrons. The molecular weight excluding hydrogens is 239 g/mol. The summed E-state index contributed by atoms with van der Waals surface area (Å²) in [6.45, 7) is 1.63. The molecule has 0 spiro atoms. The predicted molar refractivity (Wildman–Crippen MR) is 61.8 cm³/mol. The van der Waals surface area contributed by atoms with Crippen LogP contribution in [-0.2, 0) is 5.41 Å². The lowest BCUT2D eigenvalue weighted by molar-refractivity contribution is -0.0453. The first kappa shape index (κ1) is 12.9. The highest BCUT2D eigenvalue weighted by Gasteiger charge is 2.44. The zero-order valence-electron chi connectivity index (χ0n) is 10.1. The summed E-state index contributed by atoms with van der Waals surface area (Å²) in [6.07, 6.45) is -0.454. The van der Waals surface area contributed by atoms with Crippen LogP contribution in [0.4, 0.5) is 13.2 Å². The van der Waals surface area contributed by atoms with Crippen LogP contribution >= 0.6 is 0 Å². The number of halogens is 3. The van der Waals surface area contributed by atoms with Crippen LogP contribution in [0.5, 0.6) is 0 Å². The van der Waals surface area contributed by atoms with Crippen LogP contribution in [0.25, 0.3) is 0 Å². The summed E-state index contributed by atoms with van der Waals surface area (Å²) < 4.78 is 39.9. The maximum Gasteiger partial charge on any atom is 0.248 e. The van der Waals surface area contributed by atoms with E-state index in [0.717, 1.165) is 0 Å². The van der Waals surface area contributed by atoms with Crippen molar-refractivity contribution in [3.63, 3.8) is 0 Å². The van der Waals surface area contributed by atoms with Crippen molar-refractivity contribution in [2.75, 3.05) is 0 Å². The van der Waals surface area contributed by atoms with Crippen molar-refractivity contribution >= 4 is 0 Å². The van der Waals surface area contributed by atoms with E-state index >= 15 is 0 Å². The number of benzene rings is 1. The molecular formula is C14H14F3N. The minimum atomic E-state index is -2.69. The molecule has 18 heavy (non-hydrogen) atoms. The van der Waals surface area contributed by atoms with Crippen molar-refractivity contribution in [2.24, 2.45) is 0 Å². The third kappa shape index (κ3) is 2.22. The Kier molecular flexibility index (Phi) is 3.10. The Balaban J connectivity index is 2.34.